The molecule has 2 rings (SSSR count). The van der Waals surface area contributed by atoms with Crippen LogP contribution >= 0.6 is 15.9 Å². The first-order valence-corrected chi connectivity index (χ1v) is 7.67. The van der Waals surface area contributed by atoms with Crippen molar-refractivity contribution in [1.82, 2.24) is 0 Å². The first kappa shape index (κ1) is 17.6. The second-order valence-electron chi connectivity index (χ2n) is 4.82. The summed E-state index contributed by atoms with van der Waals surface area (Å²) in [6.07, 6.45) is -1.13. The topological polar surface area (TPSA) is 79.2 Å². The van der Waals surface area contributed by atoms with E-state index in [1.807, 2.05) is 6.07 Å². The molecular weight excluding hydrogens is 379 g/mol. The molecule has 0 radical (unpaired) electrons. The number of benzene rings is 2. The second-order valence-corrected chi connectivity index (χ2v) is 5.67. The normalized spacial score (nSPS) is 11.2. The summed E-state index contributed by atoms with van der Waals surface area (Å²) in [5, 5.41) is 11.5. The number of esters is 1. The van der Waals surface area contributed by atoms with Crippen LogP contribution in [0.25, 0.3) is 0 Å². The lowest BCUT2D eigenvalue weighted by Gasteiger charge is -2.14. The number of anilines is 1. The Balaban J connectivity index is 2.07. The molecule has 0 aliphatic carbocycles. The van der Waals surface area contributed by atoms with Crippen molar-refractivity contribution in [2.45, 2.75) is 13.0 Å². The molecule has 5 nitrogen and oxygen atoms in total. The smallest absolute Gasteiger partial charge is 0.340 e. The van der Waals surface area contributed by atoms with E-state index >= 15 is 0 Å². The van der Waals surface area contributed by atoms with Crippen LogP contribution in [-0.4, -0.2) is 18.0 Å². The zero-order valence-electron chi connectivity index (χ0n) is 12.5. The number of halogens is 2. The highest BCUT2D eigenvalue weighted by Crippen LogP contribution is 2.20. The van der Waals surface area contributed by atoms with Crippen LogP contribution in [0.1, 0.15) is 22.8 Å². The maximum Gasteiger partial charge on any atom is 0.340 e. The Morgan fingerprint density at radius 1 is 1.29 bits per heavy atom. The van der Waals surface area contributed by atoms with Crippen LogP contribution in [0.2, 0.25) is 0 Å². The minimum absolute atomic E-state index is 0.0212. The van der Waals surface area contributed by atoms with E-state index in [0.717, 1.165) is 6.07 Å². The van der Waals surface area contributed by atoms with Gasteiger partial charge in [0.1, 0.15) is 11.9 Å². The highest BCUT2D eigenvalue weighted by atomic mass is 79.9. The predicted octanol–water partition coefficient (Wildman–Crippen LogP) is 3.64. The average Bonchev–Trinajstić information content (AvgIpc) is 2.57. The number of amides is 1. The SMILES string of the molecule is CC(OC(=O)c1cc(F)ccc1Br)C(=O)Nc1ccccc1C#N. The fourth-order valence-electron chi connectivity index (χ4n) is 1.86. The van der Waals surface area contributed by atoms with Gasteiger partial charge in [-0.15, -0.1) is 0 Å². The third-order valence-corrected chi connectivity index (χ3v) is 3.80. The standard InChI is InChI=1S/C17H12BrFN2O3/c1-10(16(22)21-15-5-3-2-4-11(15)9-20)24-17(23)13-8-12(19)6-7-14(13)18/h2-8,10H,1H3,(H,21,22). The van der Waals surface area contributed by atoms with Crippen LogP contribution < -0.4 is 5.32 Å². The monoisotopic (exact) mass is 390 g/mol. The number of nitrogens with one attached hydrogen (secondary N) is 1. The number of hydrogen-bond acceptors (Lipinski definition) is 4. The predicted molar refractivity (Wildman–Crippen MR) is 88.8 cm³/mol. The summed E-state index contributed by atoms with van der Waals surface area (Å²) in [7, 11) is 0. The Labute approximate surface area is 146 Å². The fraction of sp³-hybridized carbons (Fsp3) is 0.118. The van der Waals surface area contributed by atoms with Crippen molar-refractivity contribution >= 4 is 33.5 Å². The van der Waals surface area contributed by atoms with Crippen molar-refractivity contribution < 1.29 is 18.7 Å². The molecule has 0 spiro atoms. The Kier molecular flexibility index (Phi) is 5.66. The summed E-state index contributed by atoms with van der Waals surface area (Å²) < 4.78 is 18.6. The van der Waals surface area contributed by atoms with Gasteiger partial charge in [-0.1, -0.05) is 12.1 Å². The molecule has 122 valence electrons. The van der Waals surface area contributed by atoms with Crippen LogP contribution in [0.15, 0.2) is 46.9 Å². The maximum atomic E-state index is 13.2. The molecule has 7 heteroatoms. The van der Waals surface area contributed by atoms with E-state index in [2.05, 4.69) is 21.2 Å². The van der Waals surface area contributed by atoms with Crippen LogP contribution in [0, 0.1) is 17.1 Å². The van der Waals surface area contributed by atoms with Gasteiger partial charge < -0.3 is 10.1 Å². The molecule has 2 aromatic rings. The maximum absolute atomic E-state index is 13.2. The van der Waals surface area contributed by atoms with E-state index < -0.39 is 23.8 Å². The summed E-state index contributed by atoms with van der Waals surface area (Å²) in [6.45, 7) is 1.38. The lowest BCUT2D eigenvalue weighted by Crippen LogP contribution is -2.30. The van der Waals surface area contributed by atoms with E-state index in [4.69, 9.17) is 10.00 Å². The van der Waals surface area contributed by atoms with Crippen LogP contribution in [0.4, 0.5) is 10.1 Å². The van der Waals surface area contributed by atoms with Crippen LogP contribution in [-0.2, 0) is 9.53 Å². The van der Waals surface area contributed by atoms with Gasteiger partial charge in [0.2, 0.25) is 0 Å². The van der Waals surface area contributed by atoms with Gasteiger partial charge in [-0.3, -0.25) is 4.79 Å². The van der Waals surface area contributed by atoms with E-state index in [9.17, 15) is 14.0 Å². The molecule has 0 fully saturated rings. The number of para-hydroxylation sites is 1. The van der Waals surface area contributed by atoms with E-state index in [-0.39, 0.29) is 11.1 Å². The van der Waals surface area contributed by atoms with Crippen molar-refractivity contribution in [3.05, 3.63) is 63.9 Å². The quantitative estimate of drug-likeness (QED) is 0.808. The first-order valence-electron chi connectivity index (χ1n) is 6.88. The lowest BCUT2D eigenvalue weighted by atomic mass is 10.2. The number of carbonyl (C=O) groups excluding carboxylic acids is 2. The first-order chi connectivity index (χ1) is 11.4. The highest BCUT2D eigenvalue weighted by Gasteiger charge is 2.21. The van der Waals surface area contributed by atoms with Gasteiger partial charge in [0.25, 0.3) is 5.91 Å². The summed E-state index contributed by atoms with van der Waals surface area (Å²) in [5.41, 5.74) is 0.587. The van der Waals surface area contributed by atoms with E-state index in [0.29, 0.717) is 10.2 Å². The Morgan fingerprint density at radius 3 is 2.71 bits per heavy atom. The Morgan fingerprint density at radius 2 is 2.00 bits per heavy atom. The van der Waals surface area contributed by atoms with Gasteiger partial charge in [0.15, 0.2) is 6.10 Å². The third-order valence-electron chi connectivity index (χ3n) is 3.11. The molecule has 1 unspecified atom stereocenters. The second kappa shape index (κ2) is 7.70. The Bertz CT molecular complexity index is 833. The molecule has 24 heavy (non-hydrogen) atoms. The molecule has 1 atom stereocenters. The zero-order valence-corrected chi connectivity index (χ0v) is 14.1. The molecule has 0 aromatic heterocycles. The van der Waals surface area contributed by atoms with Crippen molar-refractivity contribution in [3.8, 4) is 6.07 Å². The highest BCUT2D eigenvalue weighted by molar-refractivity contribution is 9.10. The van der Waals surface area contributed by atoms with Crippen molar-refractivity contribution in [3.63, 3.8) is 0 Å². The average molecular weight is 391 g/mol. The molecule has 0 aliphatic rings. The van der Waals surface area contributed by atoms with Crippen LogP contribution in [0.5, 0.6) is 0 Å². The summed E-state index contributed by atoms with van der Waals surface area (Å²) in [4.78, 5) is 24.2. The number of nitriles is 1. The minimum Gasteiger partial charge on any atom is -0.449 e. The molecule has 1 amide bonds. The number of nitrogens with zero attached hydrogens (tertiary/aromatic N) is 1. The van der Waals surface area contributed by atoms with Crippen molar-refractivity contribution in [2.75, 3.05) is 5.32 Å². The minimum atomic E-state index is -1.13. The molecule has 0 saturated heterocycles. The molecule has 0 bridgehead atoms. The molecular formula is C17H12BrFN2O3. The summed E-state index contributed by atoms with van der Waals surface area (Å²) in [6, 6.07) is 12.0. The van der Waals surface area contributed by atoms with Gasteiger partial charge in [-0.25, -0.2) is 9.18 Å². The van der Waals surface area contributed by atoms with Gasteiger partial charge in [0.05, 0.1) is 16.8 Å². The van der Waals surface area contributed by atoms with Gasteiger partial charge in [-0.2, -0.15) is 5.26 Å². The molecule has 0 aliphatic heterocycles. The lowest BCUT2D eigenvalue weighted by molar-refractivity contribution is -0.123. The molecule has 0 heterocycles. The van der Waals surface area contributed by atoms with Gasteiger partial charge in [0, 0.05) is 4.47 Å². The van der Waals surface area contributed by atoms with E-state index in [1.54, 1.807) is 24.3 Å². The number of ether oxygens (including phenoxy) is 1. The molecule has 0 saturated carbocycles. The zero-order chi connectivity index (χ0) is 17.7. The Hall–Kier alpha value is -2.72. The number of hydrogen-bond donors (Lipinski definition) is 1. The molecule has 2 aromatic carbocycles. The van der Waals surface area contributed by atoms with E-state index in [1.165, 1.54) is 19.1 Å². The summed E-state index contributed by atoms with van der Waals surface area (Å²) in [5.74, 6) is -2.03. The fourth-order valence-corrected chi connectivity index (χ4v) is 2.26. The summed E-state index contributed by atoms with van der Waals surface area (Å²) >= 11 is 3.13. The number of carbonyl (C=O) groups is 2. The van der Waals surface area contributed by atoms with Gasteiger partial charge >= 0.3 is 5.97 Å². The third kappa shape index (κ3) is 4.18. The van der Waals surface area contributed by atoms with Gasteiger partial charge in [-0.05, 0) is 53.2 Å². The van der Waals surface area contributed by atoms with Crippen LogP contribution in [0.3, 0.4) is 0 Å². The van der Waals surface area contributed by atoms with Crippen molar-refractivity contribution in [1.29, 1.82) is 5.26 Å². The number of rotatable bonds is 4. The molecule has 1 N–H and O–H groups in total. The largest absolute Gasteiger partial charge is 0.449 e. The van der Waals surface area contributed by atoms with Crippen molar-refractivity contribution in [2.24, 2.45) is 0 Å².